The molecule has 2 rings (SSSR count). The van der Waals surface area contributed by atoms with Gasteiger partial charge in [-0.2, -0.15) is 0 Å². The summed E-state index contributed by atoms with van der Waals surface area (Å²) >= 11 is 0. The zero-order valence-electron chi connectivity index (χ0n) is 10.6. The van der Waals surface area contributed by atoms with Crippen molar-refractivity contribution in [3.05, 3.63) is 29.8 Å². The molecule has 3 nitrogen and oxygen atoms in total. The SMILES string of the molecule is COc1ccc([C@@H](C)NC2CCCOC2)cc1. The standard InChI is InChI=1S/C14H21NO2/c1-11(15-13-4-3-9-17-10-13)12-5-7-14(16-2)8-6-12/h5-8,11,13,15H,3-4,9-10H2,1-2H3/t11-,13?/m1/s1. The molecule has 0 amide bonds. The first-order valence-electron chi connectivity index (χ1n) is 6.27. The van der Waals surface area contributed by atoms with Crippen molar-refractivity contribution in [1.29, 1.82) is 0 Å². The maximum Gasteiger partial charge on any atom is 0.118 e. The van der Waals surface area contributed by atoms with Gasteiger partial charge in [-0.05, 0) is 37.5 Å². The fraction of sp³-hybridized carbons (Fsp3) is 0.571. The fourth-order valence-electron chi connectivity index (χ4n) is 2.21. The molecule has 2 atom stereocenters. The molecule has 1 aliphatic rings. The van der Waals surface area contributed by atoms with Crippen molar-refractivity contribution < 1.29 is 9.47 Å². The molecule has 3 heteroatoms. The van der Waals surface area contributed by atoms with Gasteiger partial charge in [0.05, 0.1) is 13.7 Å². The lowest BCUT2D eigenvalue weighted by Gasteiger charge is -2.27. The molecule has 1 saturated heterocycles. The van der Waals surface area contributed by atoms with Gasteiger partial charge in [-0.25, -0.2) is 0 Å². The zero-order chi connectivity index (χ0) is 12.1. The maximum absolute atomic E-state index is 5.47. The summed E-state index contributed by atoms with van der Waals surface area (Å²) in [6.07, 6.45) is 2.37. The molecule has 1 fully saturated rings. The Kier molecular flexibility index (Phi) is 4.40. The highest BCUT2D eigenvalue weighted by Crippen LogP contribution is 2.19. The van der Waals surface area contributed by atoms with Crippen molar-refractivity contribution in [3.63, 3.8) is 0 Å². The third kappa shape index (κ3) is 3.45. The Hall–Kier alpha value is -1.06. The van der Waals surface area contributed by atoms with Crippen LogP contribution in [0.2, 0.25) is 0 Å². The Balaban J connectivity index is 1.91. The summed E-state index contributed by atoms with van der Waals surface area (Å²) in [4.78, 5) is 0. The van der Waals surface area contributed by atoms with Crippen LogP contribution in [-0.4, -0.2) is 26.4 Å². The second-order valence-electron chi connectivity index (χ2n) is 4.58. The fourth-order valence-corrected chi connectivity index (χ4v) is 2.21. The number of rotatable bonds is 4. The molecule has 0 bridgehead atoms. The average Bonchev–Trinajstić information content (AvgIpc) is 2.40. The van der Waals surface area contributed by atoms with Gasteiger partial charge in [0.2, 0.25) is 0 Å². The third-order valence-electron chi connectivity index (χ3n) is 3.26. The number of benzene rings is 1. The van der Waals surface area contributed by atoms with E-state index in [4.69, 9.17) is 9.47 Å². The van der Waals surface area contributed by atoms with Crippen molar-refractivity contribution in [1.82, 2.24) is 5.32 Å². The quantitative estimate of drug-likeness (QED) is 0.870. The van der Waals surface area contributed by atoms with Crippen molar-refractivity contribution in [2.24, 2.45) is 0 Å². The summed E-state index contributed by atoms with van der Waals surface area (Å²) in [6, 6.07) is 9.07. The molecule has 1 aliphatic heterocycles. The molecular weight excluding hydrogens is 214 g/mol. The van der Waals surface area contributed by atoms with E-state index < -0.39 is 0 Å². The number of hydrogen-bond acceptors (Lipinski definition) is 3. The zero-order valence-corrected chi connectivity index (χ0v) is 10.6. The molecule has 0 spiro atoms. The second-order valence-corrected chi connectivity index (χ2v) is 4.58. The van der Waals surface area contributed by atoms with Crippen molar-refractivity contribution >= 4 is 0 Å². The van der Waals surface area contributed by atoms with Crippen LogP contribution in [0, 0.1) is 0 Å². The minimum atomic E-state index is 0.354. The molecule has 94 valence electrons. The van der Waals surface area contributed by atoms with Crippen LogP contribution in [0.15, 0.2) is 24.3 Å². The molecule has 0 saturated carbocycles. The monoisotopic (exact) mass is 235 g/mol. The van der Waals surface area contributed by atoms with Gasteiger partial charge in [0.25, 0.3) is 0 Å². The normalized spacial score (nSPS) is 22.1. The molecule has 1 aromatic rings. The summed E-state index contributed by atoms with van der Waals surface area (Å²) in [5.74, 6) is 0.905. The predicted molar refractivity (Wildman–Crippen MR) is 68.4 cm³/mol. The molecule has 17 heavy (non-hydrogen) atoms. The van der Waals surface area contributed by atoms with E-state index in [0.717, 1.165) is 25.4 Å². The van der Waals surface area contributed by atoms with Gasteiger partial charge >= 0.3 is 0 Å². The smallest absolute Gasteiger partial charge is 0.118 e. The summed E-state index contributed by atoms with van der Waals surface area (Å²) in [6.45, 7) is 3.94. The molecule has 1 unspecified atom stereocenters. The number of hydrogen-bond donors (Lipinski definition) is 1. The number of methoxy groups -OCH3 is 1. The van der Waals surface area contributed by atoms with E-state index in [1.54, 1.807) is 7.11 Å². The second kappa shape index (κ2) is 6.03. The number of nitrogens with one attached hydrogen (secondary N) is 1. The Morgan fingerprint density at radius 2 is 2.12 bits per heavy atom. The Labute approximate surface area is 103 Å². The lowest BCUT2D eigenvalue weighted by molar-refractivity contribution is 0.0671. The summed E-state index contributed by atoms with van der Waals surface area (Å²) in [5.41, 5.74) is 1.29. The van der Waals surface area contributed by atoms with Crippen molar-refractivity contribution in [3.8, 4) is 5.75 Å². The molecule has 1 N–H and O–H groups in total. The largest absolute Gasteiger partial charge is 0.497 e. The summed E-state index contributed by atoms with van der Waals surface area (Å²) < 4.78 is 10.6. The minimum absolute atomic E-state index is 0.354. The first-order chi connectivity index (χ1) is 8.29. The predicted octanol–water partition coefficient (Wildman–Crippen LogP) is 2.52. The average molecular weight is 235 g/mol. The van der Waals surface area contributed by atoms with Gasteiger partial charge in [0.1, 0.15) is 5.75 Å². The van der Waals surface area contributed by atoms with E-state index in [1.165, 1.54) is 12.0 Å². The molecule has 1 aromatic carbocycles. The topological polar surface area (TPSA) is 30.5 Å². The minimum Gasteiger partial charge on any atom is -0.497 e. The molecule has 0 aromatic heterocycles. The van der Waals surface area contributed by atoms with Crippen LogP contribution in [0.25, 0.3) is 0 Å². The van der Waals surface area contributed by atoms with Crippen LogP contribution in [0.5, 0.6) is 5.75 Å². The van der Waals surface area contributed by atoms with E-state index in [1.807, 2.05) is 12.1 Å². The number of ether oxygens (including phenoxy) is 2. The molecular formula is C14H21NO2. The maximum atomic E-state index is 5.47. The highest BCUT2D eigenvalue weighted by Gasteiger charge is 2.16. The highest BCUT2D eigenvalue weighted by molar-refractivity contribution is 5.28. The lowest BCUT2D eigenvalue weighted by atomic mass is 10.0. The first-order valence-corrected chi connectivity index (χ1v) is 6.27. The highest BCUT2D eigenvalue weighted by atomic mass is 16.5. The van der Waals surface area contributed by atoms with Gasteiger partial charge in [0.15, 0.2) is 0 Å². The Morgan fingerprint density at radius 1 is 1.35 bits per heavy atom. The van der Waals surface area contributed by atoms with E-state index in [9.17, 15) is 0 Å². The van der Waals surface area contributed by atoms with Crippen LogP contribution >= 0.6 is 0 Å². The van der Waals surface area contributed by atoms with Crippen LogP contribution < -0.4 is 10.1 Å². The van der Waals surface area contributed by atoms with Gasteiger partial charge in [-0.3, -0.25) is 0 Å². The van der Waals surface area contributed by atoms with E-state index >= 15 is 0 Å². The molecule has 1 heterocycles. The Morgan fingerprint density at radius 3 is 2.71 bits per heavy atom. The van der Waals surface area contributed by atoms with Crippen LogP contribution in [0.1, 0.15) is 31.4 Å². The van der Waals surface area contributed by atoms with Crippen LogP contribution in [0.4, 0.5) is 0 Å². The van der Waals surface area contributed by atoms with Crippen LogP contribution in [0.3, 0.4) is 0 Å². The lowest BCUT2D eigenvalue weighted by Crippen LogP contribution is -2.38. The third-order valence-corrected chi connectivity index (χ3v) is 3.26. The van der Waals surface area contributed by atoms with Gasteiger partial charge in [0, 0.05) is 18.7 Å². The van der Waals surface area contributed by atoms with Gasteiger partial charge in [-0.1, -0.05) is 12.1 Å². The van der Waals surface area contributed by atoms with Crippen LogP contribution in [-0.2, 0) is 4.74 Å². The summed E-state index contributed by atoms with van der Waals surface area (Å²) in [7, 11) is 1.69. The molecule has 0 aliphatic carbocycles. The Bertz CT molecular complexity index is 331. The molecule has 0 radical (unpaired) electrons. The van der Waals surface area contributed by atoms with Crippen molar-refractivity contribution in [2.45, 2.75) is 31.8 Å². The van der Waals surface area contributed by atoms with Crippen molar-refractivity contribution in [2.75, 3.05) is 20.3 Å². The summed E-state index contributed by atoms with van der Waals surface area (Å²) in [5, 5.41) is 3.61. The van der Waals surface area contributed by atoms with E-state index in [0.29, 0.717) is 12.1 Å². The van der Waals surface area contributed by atoms with Gasteiger partial charge in [-0.15, -0.1) is 0 Å². The van der Waals surface area contributed by atoms with Gasteiger partial charge < -0.3 is 14.8 Å². The van der Waals surface area contributed by atoms with E-state index in [2.05, 4.69) is 24.4 Å². The van der Waals surface area contributed by atoms with E-state index in [-0.39, 0.29) is 0 Å². The first kappa shape index (κ1) is 12.4.